The minimum Gasteiger partial charge on any atom is -0.492 e. The minimum atomic E-state index is -3.83. The number of aryl methyl sites for hydroxylation is 2. The van der Waals surface area contributed by atoms with Gasteiger partial charge in [-0.25, -0.2) is 17.5 Å². The number of ether oxygens (including phenoxy) is 2. The molecular formula is C29H30FN5O4S. The fourth-order valence-electron chi connectivity index (χ4n) is 6.08. The first-order valence-electron chi connectivity index (χ1n) is 13.1. The first-order valence-corrected chi connectivity index (χ1v) is 15.0. The Labute approximate surface area is 231 Å². The predicted octanol–water partition coefficient (Wildman–Crippen LogP) is 4.86. The topological polar surface area (TPSA) is 101 Å². The van der Waals surface area contributed by atoms with Crippen LogP contribution in [0.25, 0.3) is 33.2 Å². The van der Waals surface area contributed by atoms with Crippen LogP contribution in [0.15, 0.2) is 53.6 Å². The van der Waals surface area contributed by atoms with Gasteiger partial charge in [-0.1, -0.05) is 35.5 Å². The standard InChI is InChI=1S/C29H30FN5O4S/c1-17-26(34(2)33-32-17)20-14-22-25(31-16-20)24-23(40(4,36)37)15-21(30)29(38-3)28(24)35(22)27(18-8-6-5-7-9-18)19-10-12-39-13-11-19/h5-9,14-16,19,27H,10-13H2,1-4H3/t27-/m1/s1. The number of benzene rings is 2. The summed E-state index contributed by atoms with van der Waals surface area (Å²) >= 11 is 0. The largest absolute Gasteiger partial charge is 0.492 e. The number of pyridine rings is 1. The number of sulfone groups is 1. The zero-order valence-corrected chi connectivity index (χ0v) is 23.6. The maximum absolute atomic E-state index is 15.7. The van der Waals surface area contributed by atoms with E-state index in [2.05, 4.69) is 10.3 Å². The van der Waals surface area contributed by atoms with Gasteiger partial charge in [-0.15, -0.1) is 5.10 Å². The number of halogens is 1. The van der Waals surface area contributed by atoms with Gasteiger partial charge in [-0.3, -0.25) is 4.98 Å². The summed E-state index contributed by atoms with van der Waals surface area (Å²) < 4.78 is 56.8. The molecule has 6 rings (SSSR count). The Morgan fingerprint density at radius 3 is 2.50 bits per heavy atom. The van der Waals surface area contributed by atoms with Crippen molar-refractivity contribution in [3.05, 3.63) is 65.7 Å². The Kier molecular flexibility index (Phi) is 6.58. The zero-order valence-electron chi connectivity index (χ0n) is 22.8. The summed E-state index contributed by atoms with van der Waals surface area (Å²) in [7, 11) is -0.622. The molecule has 1 atom stereocenters. The van der Waals surface area contributed by atoms with E-state index < -0.39 is 15.7 Å². The molecule has 1 fully saturated rings. The van der Waals surface area contributed by atoms with Gasteiger partial charge in [0, 0.05) is 43.7 Å². The van der Waals surface area contributed by atoms with Crippen LogP contribution in [-0.4, -0.2) is 59.5 Å². The quantitative estimate of drug-likeness (QED) is 0.291. The number of hydrogen-bond donors (Lipinski definition) is 0. The van der Waals surface area contributed by atoms with Crippen molar-refractivity contribution < 1.29 is 22.3 Å². The summed E-state index contributed by atoms with van der Waals surface area (Å²) in [6.45, 7) is 3.08. The SMILES string of the molecule is COc1c(F)cc(S(C)(=O)=O)c2c3ncc(-c4c(C)nnn4C)cc3n([C@H](c3ccccc3)C3CCOCC3)c12. The van der Waals surface area contributed by atoms with Crippen molar-refractivity contribution in [2.24, 2.45) is 13.0 Å². The minimum absolute atomic E-state index is 0.0201. The lowest BCUT2D eigenvalue weighted by atomic mass is 9.86. The molecule has 0 spiro atoms. The molecule has 3 aromatic heterocycles. The van der Waals surface area contributed by atoms with Crippen LogP contribution in [0.2, 0.25) is 0 Å². The van der Waals surface area contributed by atoms with Gasteiger partial charge >= 0.3 is 0 Å². The van der Waals surface area contributed by atoms with E-state index in [1.54, 1.807) is 10.9 Å². The molecule has 0 N–H and O–H groups in total. The van der Waals surface area contributed by atoms with E-state index in [0.717, 1.165) is 47.7 Å². The van der Waals surface area contributed by atoms with Gasteiger partial charge in [-0.2, -0.15) is 0 Å². The van der Waals surface area contributed by atoms with Crippen LogP contribution in [0.5, 0.6) is 5.75 Å². The van der Waals surface area contributed by atoms with Gasteiger partial charge in [0.1, 0.15) is 0 Å². The van der Waals surface area contributed by atoms with E-state index in [1.807, 2.05) is 54.9 Å². The van der Waals surface area contributed by atoms with Gasteiger partial charge in [0.15, 0.2) is 21.4 Å². The molecule has 1 aliphatic rings. The van der Waals surface area contributed by atoms with Gasteiger partial charge in [0.2, 0.25) is 0 Å². The Balaban J connectivity index is 1.81. The van der Waals surface area contributed by atoms with Crippen molar-refractivity contribution in [2.45, 2.75) is 30.7 Å². The normalized spacial score (nSPS) is 15.6. The first-order chi connectivity index (χ1) is 19.2. The molecule has 0 radical (unpaired) electrons. The second kappa shape index (κ2) is 9.97. The summed E-state index contributed by atoms with van der Waals surface area (Å²) in [5.41, 5.74) is 4.79. The summed E-state index contributed by atoms with van der Waals surface area (Å²) in [6.07, 6.45) is 4.35. The molecule has 1 aliphatic heterocycles. The predicted molar refractivity (Wildman–Crippen MR) is 150 cm³/mol. The Hall–Kier alpha value is -3.83. The van der Waals surface area contributed by atoms with Crippen LogP contribution < -0.4 is 4.74 Å². The molecule has 11 heteroatoms. The first kappa shape index (κ1) is 26.4. The van der Waals surface area contributed by atoms with Crippen LogP contribution in [0.1, 0.15) is 30.1 Å². The average molecular weight is 564 g/mol. The monoisotopic (exact) mass is 563 g/mol. The fourth-order valence-corrected chi connectivity index (χ4v) is 6.96. The average Bonchev–Trinajstić information content (AvgIpc) is 3.45. The molecule has 0 bridgehead atoms. The van der Waals surface area contributed by atoms with Crippen molar-refractivity contribution in [3.8, 4) is 17.0 Å². The molecular weight excluding hydrogens is 533 g/mol. The molecule has 40 heavy (non-hydrogen) atoms. The van der Waals surface area contributed by atoms with Gasteiger partial charge in [0.25, 0.3) is 0 Å². The molecule has 0 unspecified atom stereocenters. The third-order valence-corrected chi connectivity index (χ3v) is 8.90. The van der Waals surface area contributed by atoms with Crippen molar-refractivity contribution >= 4 is 31.8 Å². The lowest BCUT2D eigenvalue weighted by Gasteiger charge is -2.33. The highest BCUT2D eigenvalue weighted by Gasteiger charge is 2.34. The van der Waals surface area contributed by atoms with Gasteiger partial charge in [0.05, 0.1) is 46.0 Å². The lowest BCUT2D eigenvalue weighted by molar-refractivity contribution is 0.0552. The highest BCUT2D eigenvalue weighted by molar-refractivity contribution is 7.91. The molecule has 4 heterocycles. The van der Waals surface area contributed by atoms with E-state index in [4.69, 9.17) is 14.5 Å². The molecule has 5 aromatic rings. The van der Waals surface area contributed by atoms with Crippen molar-refractivity contribution in [2.75, 3.05) is 26.6 Å². The fraction of sp³-hybridized carbons (Fsp3) is 0.345. The Bertz CT molecular complexity index is 1820. The van der Waals surface area contributed by atoms with E-state index in [9.17, 15) is 8.42 Å². The molecule has 0 saturated carbocycles. The molecule has 2 aromatic carbocycles. The molecule has 9 nitrogen and oxygen atoms in total. The van der Waals surface area contributed by atoms with Gasteiger partial charge in [-0.05, 0) is 43.4 Å². The second-order valence-electron chi connectivity index (χ2n) is 10.3. The van der Waals surface area contributed by atoms with E-state index >= 15 is 4.39 Å². The van der Waals surface area contributed by atoms with Crippen molar-refractivity contribution in [3.63, 3.8) is 0 Å². The van der Waals surface area contributed by atoms with Crippen molar-refractivity contribution in [1.29, 1.82) is 0 Å². The third-order valence-electron chi connectivity index (χ3n) is 7.78. The Morgan fingerprint density at radius 2 is 1.88 bits per heavy atom. The third kappa shape index (κ3) is 4.24. The maximum Gasteiger partial charge on any atom is 0.179 e. The smallest absolute Gasteiger partial charge is 0.179 e. The van der Waals surface area contributed by atoms with Crippen molar-refractivity contribution in [1.82, 2.24) is 24.5 Å². The molecule has 1 saturated heterocycles. The van der Waals surface area contributed by atoms with Crippen LogP contribution in [0, 0.1) is 18.7 Å². The number of aromatic nitrogens is 5. The zero-order chi connectivity index (χ0) is 28.2. The van der Waals surface area contributed by atoms with Crippen LogP contribution in [0.3, 0.4) is 0 Å². The maximum atomic E-state index is 15.7. The molecule has 0 aliphatic carbocycles. The summed E-state index contributed by atoms with van der Waals surface area (Å²) in [6, 6.07) is 12.7. The van der Waals surface area contributed by atoms with E-state index in [0.29, 0.717) is 35.2 Å². The summed E-state index contributed by atoms with van der Waals surface area (Å²) in [5.74, 6) is -0.633. The highest BCUT2D eigenvalue weighted by atomic mass is 32.2. The van der Waals surface area contributed by atoms with E-state index in [-0.39, 0.29) is 22.6 Å². The Morgan fingerprint density at radius 1 is 1.15 bits per heavy atom. The van der Waals surface area contributed by atoms with Gasteiger partial charge < -0.3 is 14.0 Å². The van der Waals surface area contributed by atoms with Crippen LogP contribution in [0.4, 0.5) is 4.39 Å². The number of fused-ring (bicyclic) bond motifs is 3. The molecule has 0 amide bonds. The van der Waals surface area contributed by atoms with Crippen LogP contribution in [-0.2, 0) is 21.6 Å². The summed E-state index contributed by atoms with van der Waals surface area (Å²) in [4.78, 5) is 4.69. The second-order valence-corrected chi connectivity index (χ2v) is 12.3. The van der Waals surface area contributed by atoms with E-state index in [1.165, 1.54) is 7.11 Å². The number of hydrogen-bond acceptors (Lipinski definition) is 7. The number of rotatable bonds is 6. The molecule has 208 valence electrons. The number of methoxy groups -OCH3 is 1. The highest BCUT2D eigenvalue weighted by Crippen LogP contribution is 2.46. The lowest BCUT2D eigenvalue weighted by Crippen LogP contribution is -2.27. The number of nitrogens with zero attached hydrogens (tertiary/aromatic N) is 5. The summed E-state index contributed by atoms with van der Waals surface area (Å²) in [5, 5.41) is 8.69. The van der Waals surface area contributed by atoms with Crippen LogP contribution >= 0.6 is 0 Å².